The summed E-state index contributed by atoms with van der Waals surface area (Å²) in [5.41, 5.74) is 1.27. The van der Waals surface area contributed by atoms with Crippen LogP contribution in [0.4, 0.5) is 0 Å². The molecule has 106 valence electrons. The van der Waals surface area contributed by atoms with Crippen LogP contribution in [0, 0.1) is 0 Å². The molecule has 0 unspecified atom stereocenters. The molecule has 2 aromatic rings. The minimum Gasteiger partial charge on any atom is -0.478 e. The number of halogens is 2. The fourth-order valence-electron chi connectivity index (χ4n) is 1.85. The summed E-state index contributed by atoms with van der Waals surface area (Å²) >= 11 is 9.49. The Morgan fingerprint density at radius 1 is 1.55 bits per heavy atom. The van der Waals surface area contributed by atoms with Gasteiger partial charge >= 0.3 is 5.97 Å². The SMILES string of the molecule is COCc1nn(Cc2cccc(Br)c2)c(Cl)c1C(=O)O. The lowest BCUT2D eigenvalue weighted by atomic mass is 10.2. The van der Waals surface area contributed by atoms with Gasteiger partial charge in [0.1, 0.15) is 16.4 Å². The van der Waals surface area contributed by atoms with Gasteiger partial charge in [0.05, 0.1) is 13.2 Å². The van der Waals surface area contributed by atoms with Gasteiger partial charge in [-0.2, -0.15) is 5.10 Å². The summed E-state index contributed by atoms with van der Waals surface area (Å²) in [7, 11) is 1.48. The molecule has 1 aromatic carbocycles. The number of aromatic nitrogens is 2. The number of carboxylic acids is 1. The van der Waals surface area contributed by atoms with E-state index in [0.717, 1.165) is 10.0 Å². The average Bonchev–Trinajstić information content (AvgIpc) is 2.66. The number of nitrogens with zero attached hydrogens (tertiary/aromatic N) is 2. The van der Waals surface area contributed by atoms with Crippen LogP contribution in [0.1, 0.15) is 21.6 Å². The Morgan fingerprint density at radius 3 is 2.90 bits per heavy atom. The molecule has 0 saturated heterocycles. The Labute approximate surface area is 129 Å². The van der Waals surface area contributed by atoms with Gasteiger partial charge in [-0.05, 0) is 17.7 Å². The van der Waals surface area contributed by atoms with Gasteiger partial charge in [0.25, 0.3) is 0 Å². The topological polar surface area (TPSA) is 64.4 Å². The van der Waals surface area contributed by atoms with E-state index in [9.17, 15) is 9.90 Å². The van der Waals surface area contributed by atoms with E-state index in [1.54, 1.807) is 0 Å². The lowest BCUT2D eigenvalue weighted by molar-refractivity contribution is 0.0692. The average molecular weight is 360 g/mol. The number of hydrogen-bond donors (Lipinski definition) is 1. The molecule has 0 spiro atoms. The number of rotatable bonds is 5. The maximum Gasteiger partial charge on any atom is 0.340 e. The van der Waals surface area contributed by atoms with E-state index in [4.69, 9.17) is 16.3 Å². The van der Waals surface area contributed by atoms with Gasteiger partial charge in [0, 0.05) is 11.6 Å². The summed E-state index contributed by atoms with van der Waals surface area (Å²) in [6.07, 6.45) is 0. The van der Waals surface area contributed by atoms with E-state index in [1.165, 1.54) is 11.8 Å². The molecule has 20 heavy (non-hydrogen) atoms. The number of methoxy groups -OCH3 is 1. The zero-order valence-electron chi connectivity index (χ0n) is 10.6. The van der Waals surface area contributed by atoms with E-state index in [1.807, 2.05) is 24.3 Å². The smallest absolute Gasteiger partial charge is 0.340 e. The normalized spacial score (nSPS) is 10.8. The molecule has 5 nitrogen and oxygen atoms in total. The van der Waals surface area contributed by atoms with Crippen molar-refractivity contribution in [3.63, 3.8) is 0 Å². The summed E-state index contributed by atoms with van der Waals surface area (Å²) < 4.78 is 7.35. The van der Waals surface area contributed by atoms with Gasteiger partial charge < -0.3 is 9.84 Å². The van der Waals surface area contributed by atoms with E-state index in [2.05, 4.69) is 21.0 Å². The van der Waals surface area contributed by atoms with E-state index < -0.39 is 5.97 Å². The van der Waals surface area contributed by atoms with Gasteiger partial charge in [-0.15, -0.1) is 0 Å². The molecular formula is C13H12BrClN2O3. The minimum absolute atomic E-state index is 0.0106. The Hall–Kier alpha value is -1.37. The number of carboxylic acid groups (broad SMARTS) is 1. The predicted molar refractivity (Wildman–Crippen MR) is 78.2 cm³/mol. The van der Waals surface area contributed by atoms with Crippen LogP contribution < -0.4 is 0 Å². The van der Waals surface area contributed by atoms with Crippen LogP contribution >= 0.6 is 27.5 Å². The molecule has 0 aliphatic heterocycles. The molecule has 0 aliphatic rings. The molecule has 0 saturated carbocycles. The summed E-state index contributed by atoms with van der Waals surface area (Å²) in [5.74, 6) is -1.11. The molecule has 1 heterocycles. The lowest BCUT2D eigenvalue weighted by Crippen LogP contribution is -2.03. The quantitative estimate of drug-likeness (QED) is 0.890. The summed E-state index contributed by atoms with van der Waals surface area (Å²) in [6.45, 7) is 0.495. The number of carbonyl (C=O) groups is 1. The van der Waals surface area contributed by atoms with Crippen molar-refractivity contribution < 1.29 is 14.6 Å². The van der Waals surface area contributed by atoms with E-state index >= 15 is 0 Å². The van der Waals surface area contributed by atoms with Gasteiger partial charge in [-0.25, -0.2) is 9.48 Å². The third-order valence-corrected chi connectivity index (χ3v) is 3.56. The van der Waals surface area contributed by atoms with Gasteiger partial charge in [0.2, 0.25) is 0 Å². The third-order valence-electron chi connectivity index (χ3n) is 2.68. The Kier molecular flexibility index (Phi) is 4.80. The van der Waals surface area contributed by atoms with Crippen LogP contribution in [0.2, 0.25) is 5.15 Å². The highest BCUT2D eigenvalue weighted by Crippen LogP contribution is 2.22. The molecule has 0 amide bonds. The van der Waals surface area contributed by atoms with Crippen molar-refractivity contribution in [1.82, 2.24) is 9.78 Å². The van der Waals surface area contributed by atoms with Crippen molar-refractivity contribution in [2.75, 3.05) is 7.11 Å². The molecule has 7 heteroatoms. The maximum absolute atomic E-state index is 11.2. The largest absolute Gasteiger partial charge is 0.478 e. The molecule has 0 bridgehead atoms. The fourth-order valence-corrected chi connectivity index (χ4v) is 2.58. The minimum atomic E-state index is -1.11. The predicted octanol–water partition coefficient (Wildman–Crippen LogP) is 3.19. The highest BCUT2D eigenvalue weighted by molar-refractivity contribution is 9.10. The first-order valence-electron chi connectivity index (χ1n) is 5.74. The number of hydrogen-bond acceptors (Lipinski definition) is 3. The molecule has 0 radical (unpaired) electrons. The molecule has 0 aliphatic carbocycles. The first-order chi connectivity index (χ1) is 9.52. The van der Waals surface area contributed by atoms with E-state index in [0.29, 0.717) is 12.2 Å². The van der Waals surface area contributed by atoms with Crippen molar-refractivity contribution in [3.05, 3.63) is 50.7 Å². The van der Waals surface area contributed by atoms with Gasteiger partial charge in [-0.1, -0.05) is 39.7 Å². The highest BCUT2D eigenvalue weighted by atomic mass is 79.9. The third kappa shape index (κ3) is 3.20. The van der Waals surface area contributed by atoms with Gasteiger partial charge in [-0.3, -0.25) is 0 Å². The molecule has 0 fully saturated rings. The molecule has 0 atom stereocenters. The maximum atomic E-state index is 11.2. The van der Waals surface area contributed by atoms with Crippen LogP contribution in [0.25, 0.3) is 0 Å². The van der Waals surface area contributed by atoms with Crippen LogP contribution in [-0.2, 0) is 17.9 Å². The number of ether oxygens (including phenoxy) is 1. The van der Waals surface area contributed by atoms with Crippen molar-refractivity contribution in [2.24, 2.45) is 0 Å². The second kappa shape index (κ2) is 6.39. The van der Waals surface area contributed by atoms with Crippen LogP contribution in [0.15, 0.2) is 28.7 Å². The monoisotopic (exact) mass is 358 g/mol. The van der Waals surface area contributed by atoms with Gasteiger partial charge in [0.15, 0.2) is 0 Å². The van der Waals surface area contributed by atoms with Crippen molar-refractivity contribution >= 4 is 33.5 Å². The first kappa shape index (κ1) is 15.0. The van der Waals surface area contributed by atoms with Crippen LogP contribution in [0.3, 0.4) is 0 Å². The van der Waals surface area contributed by atoms with E-state index in [-0.39, 0.29) is 17.3 Å². The van der Waals surface area contributed by atoms with Crippen LogP contribution in [-0.4, -0.2) is 28.0 Å². The second-order valence-corrected chi connectivity index (χ2v) is 5.41. The molecular weight excluding hydrogens is 348 g/mol. The zero-order chi connectivity index (χ0) is 14.7. The Morgan fingerprint density at radius 2 is 2.30 bits per heavy atom. The van der Waals surface area contributed by atoms with Crippen molar-refractivity contribution in [2.45, 2.75) is 13.2 Å². The van der Waals surface area contributed by atoms with Crippen molar-refractivity contribution in [3.8, 4) is 0 Å². The zero-order valence-corrected chi connectivity index (χ0v) is 13.0. The first-order valence-corrected chi connectivity index (χ1v) is 6.92. The second-order valence-electron chi connectivity index (χ2n) is 4.14. The summed E-state index contributed by atoms with van der Waals surface area (Å²) in [6, 6.07) is 7.64. The number of aromatic carboxylic acids is 1. The Balaban J connectivity index is 2.37. The summed E-state index contributed by atoms with van der Waals surface area (Å²) in [5, 5.41) is 13.5. The summed E-state index contributed by atoms with van der Waals surface area (Å²) in [4.78, 5) is 11.2. The molecule has 1 N–H and O–H groups in total. The molecule has 2 rings (SSSR count). The number of benzene rings is 1. The highest BCUT2D eigenvalue weighted by Gasteiger charge is 2.22. The Bertz CT molecular complexity index is 643. The molecule has 1 aromatic heterocycles. The van der Waals surface area contributed by atoms with Crippen molar-refractivity contribution in [1.29, 1.82) is 0 Å². The fraction of sp³-hybridized carbons (Fsp3) is 0.231. The standard InChI is InChI=1S/C13H12BrClN2O3/c1-20-7-10-11(13(18)19)12(15)17(16-10)6-8-3-2-4-9(14)5-8/h2-5H,6-7H2,1H3,(H,18,19). The van der Waals surface area contributed by atoms with Crippen LogP contribution in [0.5, 0.6) is 0 Å². The lowest BCUT2D eigenvalue weighted by Gasteiger charge is -2.04.